The maximum absolute atomic E-state index is 13.7. The number of halogens is 3. The minimum absolute atomic E-state index is 0.123. The van der Waals surface area contributed by atoms with Crippen molar-refractivity contribution in [3.05, 3.63) is 65.7 Å². The highest BCUT2D eigenvalue weighted by molar-refractivity contribution is 8.00. The summed E-state index contributed by atoms with van der Waals surface area (Å²) in [4.78, 5) is 22.4. The molecule has 2 aromatic heterocycles. The van der Waals surface area contributed by atoms with Crippen LogP contribution in [-0.4, -0.2) is 34.1 Å². The third-order valence-electron chi connectivity index (χ3n) is 6.77. The molecule has 2 N–H and O–H groups in total. The molecule has 3 aromatic rings. The average Bonchev–Trinajstić information content (AvgIpc) is 3.37. The molecule has 182 valence electrons. The van der Waals surface area contributed by atoms with Gasteiger partial charge in [-0.05, 0) is 49.6 Å². The van der Waals surface area contributed by atoms with Crippen LogP contribution < -0.4 is 9.62 Å². The number of aromatic nitrogens is 2. The monoisotopic (exact) mass is 500 g/mol. The summed E-state index contributed by atoms with van der Waals surface area (Å²) in [5.74, 6) is 0.0314. The smallest absolute Gasteiger partial charge is 0.418 e. The zero-order valence-electron chi connectivity index (χ0n) is 18.8. The predicted molar refractivity (Wildman–Crippen MR) is 128 cm³/mol. The molecule has 2 atom stereocenters. The molecule has 1 saturated heterocycles. The number of carboxylic acids is 1. The third-order valence-corrected chi connectivity index (χ3v) is 7.51. The van der Waals surface area contributed by atoms with Gasteiger partial charge in [0.25, 0.3) is 0 Å². The average molecular weight is 501 g/mol. The topological polar surface area (TPSA) is 78.4 Å². The number of aliphatic carboxylic acids is 1. The molecule has 2 aliphatic rings. The van der Waals surface area contributed by atoms with Crippen LogP contribution in [-0.2, 0) is 11.0 Å². The van der Waals surface area contributed by atoms with Crippen LogP contribution in [0.2, 0.25) is 0 Å². The van der Waals surface area contributed by atoms with E-state index >= 15 is 0 Å². The Morgan fingerprint density at radius 3 is 2.66 bits per heavy atom. The van der Waals surface area contributed by atoms with E-state index in [0.717, 1.165) is 36.8 Å². The zero-order chi connectivity index (χ0) is 24.8. The first-order chi connectivity index (χ1) is 16.7. The minimum atomic E-state index is -4.53. The van der Waals surface area contributed by atoms with Crippen LogP contribution in [0.1, 0.15) is 24.0 Å². The van der Waals surface area contributed by atoms with Crippen molar-refractivity contribution in [3.8, 4) is 11.3 Å². The number of anilines is 2. The molecular formula is C25H23F3N4O2S. The van der Waals surface area contributed by atoms with E-state index < -0.39 is 17.7 Å². The van der Waals surface area contributed by atoms with Crippen LogP contribution in [0.25, 0.3) is 11.3 Å². The number of carbonyl (C=O) groups is 1. The lowest BCUT2D eigenvalue weighted by Gasteiger charge is -2.18. The number of nitrogens with zero attached hydrogens (tertiary/aromatic N) is 3. The lowest BCUT2D eigenvalue weighted by atomic mass is 10.0. The van der Waals surface area contributed by atoms with Gasteiger partial charge in [-0.2, -0.15) is 13.2 Å². The fourth-order valence-electron chi connectivity index (χ4n) is 4.77. The highest BCUT2D eigenvalue weighted by Crippen LogP contribution is 2.58. The minimum Gasteiger partial charge on any atom is -0.481 e. The van der Waals surface area contributed by atoms with Gasteiger partial charge in [-0.1, -0.05) is 30.3 Å². The van der Waals surface area contributed by atoms with Crippen LogP contribution >= 0.6 is 11.9 Å². The summed E-state index contributed by atoms with van der Waals surface area (Å²) in [6.45, 7) is 3.17. The second-order valence-corrected chi connectivity index (χ2v) is 9.90. The van der Waals surface area contributed by atoms with Crippen molar-refractivity contribution in [2.24, 2.45) is 11.3 Å². The van der Waals surface area contributed by atoms with E-state index in [-0.39, 0.29) is 22.8 Å². The largest absolute Gasteiger partial charge is 0.481 e. The second-order valence-electron chi connectivity index (χ2n) is 9.07. The Morgan fingerprint density at radius 2 is 1.94 bits per heavy atom. The number of hydrogen-bond acceptors (Lipinski definition) is 6. The SMILES string of the molecule is Cc1ccccc1-c1nc(NSc2cccc(N3CCC4(CC4C(=O)O)C3)n2)ccc1C(F)(F)F. The van der Waals surface area contributed by atoms with Gasteiger partial charge < -0.3 is 14.7 Å². The number of pyridine rings is 2. The van der Waals surface area contributed by atoms with Crippen molar-refractivity contribution in [3.63, 3.8) is 0 Å². The van der Waals surface area contributed by atoms with Gasteiger partial charge in [0.05, 0.1) is 17.2 Å². The summed E-state index contributed by atoms with van der Waals surface area (Å²) >= 11 is 1.16. The summed E-state index contributed by atoms with van der Waals surface area (Å²) in [6, 6.07) is 14.7. The fraction of sp³-hybridized carbons (Fsp3) is 0.320. The molecular weight excluding hydrogens is 477 g/mol. The Hall–Kier alpha value is -3.27. The molecule has 5 rings (SSSR count). The van der Waals surface area contributed by atoms with E-state index in [1.807, 2.05) is 12.1 Å². The van der Waals surface area contributed by atoms with E-state index in [1.165, 1.54) is 6.07 Å². The molecule has 2 fully saturated rings. The molecule has 1 aliphatic heterocycles. The first-order valence-corrected chi connectivity index (χ1v) is 12.0. The standard InChI is InChI=1S/C25H23F3N4O2S/c1-15-5-2-3-6-16(15)22-17(25(26,27)28)9-10-19(29-22)31-35-21-8-4-7-20(30-21)32-12-11-24(14-32)13-18(24)23(33)34/h2-10,18H,11-14H2,1H3,(H,29,31)(H,33,34). The summed E-state index contributed by atoms with van der Waals surface area (Å²) in [5, 5.41) is 9.95. The second kappa shape index (κ2) is 8.75. The molecule has 0 radical (unpaired) electrons. The molecule has 6 nitrogen and oxygen atoms in total. The van der Waals surface area contributed by atoms with Crippen LogP contribution in [0, 0.1) is 18.3 Å². The molecule has 2 unspecified atom stereocenters. The first-order valence-electron chi connectivity index (χ1n) is 11.2. The summed E-state index contributed by atoms with van der Waals surface area (Å²) in [5.41, 5.74) is 0.0726. The number of nitrogens with one attached hydrogen (secondary N) is 1. The van der Waals surface area contributed by atoms with Crippen molar-refractivity contribution < 1.29 is 23.1 Å². The molecule has 0 amide bonds. The van der Waals surface area contributed by atoms with Crippen LogP contribution in [0.15, 0.2) is 59.6 Å². The third kappa shape index (κ3) is 4.67. The molecule has 3 heterocycles. The quantitative estimate of drug-likeness (QED) is 0.409. The number of rotatable bonds is 6. The van der Waals surface area contributed by atoms with Crippen molar-refractivity contribution in [2.75, 3.05) is 22.7 Å². The zero-order valence-corrected chi connectivity index (χ0v) is 19.7. The number of aryl methyl sites for hydroxylation is 1. The van der Waals surface area contributed by atoms with E-state index in [4.69, 9.17) is 0 Å². The lowest BCUT2D eigenvalue weighted by Crippen LogP contribution is -2.22. The highest BCUT2D eigenvalue weighted by atomic mass is 32.2. The van der Waals surface area contributed by atoms with Crippen molar-refractivity contribution >= 4 is 29.6 Å². The van der Waals surface area contributed by atoms with Gasteiger partial charge in [0.15, 0.2) is 0 Å². The Kier molecular flexibility index (Phi) is 5.86. The van der Waals surface area contributed by atoms with E-state index in [0.29, 0.717) is 29.1 Å². The van der Waals surface area contributed by atoms with Gasteiger partial charge in [-0.3, -0.25) is 4.79 Å². The molecule has 10 heteroatoms. The molecule has 1 saturated carbocycles. The molecule has 35 heavy (non-hydrogen) atoms. The van der Waals surface area contributed by atoms with Gasteiger partial charge in [0.2, 0.25) is 0 Å². The van der Waals surface area contributed by atoms with Crippen LogP contribution in [0.3, 0.4) is 0 Å². The van der Waals surface area contributed by atoms with Gasteiger partial charge in [0.1, 0.15) is 16.7 Å². The predicted octanol–water partition coefficient (Wildman–Crippen LogP) is 5.89. The Labute approximate surface area is 204 Å². The maximum Gasteiger partial charge on any atom is 0.418 e. The van der Waals surface area contributed by atoms with E-state index in [2.05, 4.69) is 19.6 Å². The van der Waals surface area contributed by atoms with Crippen LogP contribution in [0.4, 0.5) is 24.8 Å². The Balaban J connectivity index is 1.33. The van der Waals surface area contributed by atoms with Crippen molar-refractivity contribution in [1.82, 2.24) is 9.97 Å². The van der Waals surface area contributed by atoms with Gasteiger partial charge in [-0.15, -0.1) is 0 Å². The number of alkyl halides is 3. The molecule has 1 aliphatic carbocycles. The van der Waals surface area contributed by atoms with Crippen molar-refractivity contribution in [2.45, 2.75) is 31.0 Å². The van der Waals surface area contributed by atoms with Gasteiger partial charge in [0, 0.05) is 36.0 Å². The molecule has 1 spiro atoms. The summed E-state index contributed by atoms with van der Waals surface area (Å²) in [7, 11) is 0. The van der Waals surface area contributed by atoms with E-state index in [9.17, 15) is 23.1 Å². The maximum atomic E-state index is 13.7. The van der Waals surface area contributed by atoms with Gasteiger partial charge >= 0.3 is 12.1 Å². The number of benzene rings is 1. The highest BCUT2D eigenvalue weighted by Gasteiger charge is 2.61. The van der Waals surface area contributed by atoms with Crippen LogP contribution in [0.5, 0.6) is 0 Å². The fourth-order valence-corrected chi connectivity index (χ4v) is 5.38. The van der Waals surface area contributed by atoms with Crippen molar-refractivity contribution in [1.29, 1.82) is 0 Å². The first kappa shape index (κ1) is 23.5. The normalized spacial score (nSPS) is 21.4. The Morgan fingerprint density at radius 1 is 1.14 bits per heavy atom. The number of carboxylic acid groups (broad SMARTS) is 1. The Bertz CT molecular complexity index is 1290. The summed E-state index contributed by atoms with van der Waals surface area (Å²) in [6.07, 6.45) is -2.99. The summed E-state index contributed by atoms with van der Waals surface area (Å²) < 4.78 is 44.0. The lowest BCUT2D eigenvalue weighted by molar-refractivity contribution is -0.139. The molecule has 0 bridgehead atoms. The van der Waals surface area contributed by atoms with Gasteiger partial charge in [-0.25, -0.2) is 9.97 Å². The molecule has 1 aromatic carbocycles. The number of hydrogen-bond donors (Lipinski definition) is 2. The van der Waals surface area contributed by atoms with E-state index in [1.54, 1.807) is 37.3 Å².